The summed E-state index contributed by atoms with van der Waals surface area (Å²) in [5, 5.41) is 0. The van der Waals surface area contributed by atoms with Crippen molar-refractivity contribution >= 4 is 22.8 Å². The fourth-order valence-corrected chi connectivity index (χ4v) is 4.13. The van der Waals surface area contributed by atoms with Gasteiger partial charge >= 0.3 is 5.69 Å². The maximum Gasteiger partial charge on any atom is 0.332 e. The number of aromatic nitrogens is 4. The quantitative estimate of drug-likeness (QED) is 0.601. The lowest BCUT2D eigenvalue weighted by Gasteiger charge is -2.29. The Bertz CT molecular complexity index is 1140. The van der Waals surface area contributed by atoms with E-state index in [1.807, 2.05) is 4.57 Å². The standard InChI is InChI=1S/C22H29N5O2/c1-4-5-6-7-13-27-20(28)18-19(24(3)22(27)29)23-21-25(14-8-15-26(18)21)17-11-9-16(2)10-12-17/h9-12H,4-8,13-15H2,1-3H3. The Hall–Kier alpha value is -2.83. The average molecular weight is 396 g/mol. The smallest absolute Gasteiger partial charge is 0.312 e. The van der Waals surface area contributed by atoms with Crippen LogP contribution >= 0.6 is 0 Å². The maximum absolute atomic E-state index is 13.3. The van der Waals surface area contributed by atoms with E-state index in [0.29, 0.717) is 17.7 Å². The van der Waals surface area contributed by atoms with Crippen molar-refractivity contribution in [3.8, 4) is 0 Å². The molecule has 0 aliphatic carbocycles. The van der Waals surface area contributed by atoms with Crippen molar-refractivity contribution in [2.24, 2.45) is 7.05 Å². The van der Waals surface area contributed by atoms with Gasteiger partial charge in [-0.15, -0.1) is 0 Å². The molecule has 0 saturated heterocycles. The highest BCUT2D eigenvalue weighted by molar-refractivity contribution is 5.77. The molecule has 2 aromatic heterocycles. The number of imidazole rings is 1. The molecule has 0 radical (unpaired) electrons. The summed E-state index contributed by atoms with van der Waals surface area (Å²) in [4.78, 5) is 33.0. The van der Waals surface area contributed by atoms with Gasteiger partial charge in [0.1, 0.15) is 0 Å². The highest BCUT2D eigenvalue weighted by Gasteiger charge is 2.26. The number of unbranched alkanes of at least 4 members (excludes halogenated alkanes) is 3. The minimum Gasteiger partial charge on any atom is -0.312 e. The molecular weight excluding hydrogens is 366 g/mol. The second-order valence-corrected chi connectivity index (χ2v) is 7.94. The monoisotopic (exact) mass is 395 g/mol. The van der Waals surface area contributed by atoms with E-state index in [1.54, 1.807) is 7.05 Å². The van der Waals surface area contributed by atoms with E-state index in [0.717, 1.165) is 56.8 Å². The highest BCUT2D eigenvalue weighted by Crippen LogP contribution is 2.30. The third-order valence-corrected chi connectivity index (χ3v) is 5.80. The number of fused-ring (bicyclic) bond motifs is 3. The first kappa shape index (κ1) is 19.5. The molecule has 0 N–H and O–H groups in total. The minimum absolute atomic E-state index is 0.218. The normalized spacial score (nSPS) is 13.8. The molecule has 1 aliphatic heterocycles. The van der Waals surface area contributed by atoms with Gasteiger partial charge in [0, 0.05) is 32.4 Å². The van der Waals surface area contributed by atoms with Crippen LogP contribution in [-0.4, -0.2) is 25.2 Å². The molecule has 3 heterocycles. The zero-order valence-corrected chi connectivity index (χ0v) is 17.5. The summed E-state index contributed by atoms with van der Waals surface area (Å²) in [6.45, 7) is 6.25. The van der Waals surface area contributed by atoms with Crippen molar-refractivity contribution in [1.82, 2.24) is 18.7 Å². The van der Waals surface area contributed by atoms with E-state index in [4.69, 9.17) is 4.98 Å². The molecule has 3 aromatic rings. The lowest BCUT2D eigenvalue weighted by atomic mass is 10.2. The van der Waals surface area contributed by atoms with Crippen LogP contribution in [0.4, 0.5) is 11.6 Å². The number of hydrogen-bond donors (Lipinski definition) is 0. The Morgan fingerprint density at radius 2 is 1.79 bits per heavy atom. The lowest BCUT2D eigenvalue weighted by Crippen LogP contribution is -2.40. The predicted octanol–water partition coefficient (Wildman–Crippen LogP) is 3.33. The molecule has 0 spiro atoms. The van der Waals surface area contributed by atoms with Crippen LogP contribution in [0.25, 0.3) is 11.2 Å². The van der Waals surface area contributed by atoms with Crippen molar-refractivity contribution in [3.05, 3.63) is 50.7 Å². The van der Waals surface area contributed by atoms with Crippen molar-refractivity contribution in [2.75, 3.05) is 11.4 Å². The molecule has 7 nitrogen and oxygen atoms in total. The summed E-state index contributed by atoms with van der Waals surface area (Å²) in [6.07, 6.45) is 5.02. The van der Waals surface area contributed by atoms with Crippen LogP contribution in [0.1, 0.15) is 44.6 Å². The maximum atomic E-state index is 13.3. The van der Waals surface area contributed by atoms with Crippen LogP contribution in [0, 0.1) is 6.92 Å². The molecule has 0 saturated carbocycles. The average Bonchev–Trinajstić information content (AvgIpc) is 3.12. The van der Waals surface area contributed by atoms with Crippen LogP contribution in [0.2, 0.25) is 0 Å². The van der Waals surface area contributed by atoms with Gasteiger partial charge in [0.25, 0.3) is 5.56 Å². The first-order valence-electron chi connectivity index (χ1n) is 10.6. The number of aryl methyl sites for hydroxylation is 3. The molecule has 0 atom stereocenters. The van der Waals surface area contributed by atoms with Gasteiger partial charge in [0.2, 0.25) is 5.95 Å². The van der Waals surface area contributed by atoms with Gasteiger partial charge in [-0.2, -0.15) is 4.98 Å². The number of rotatable bonds is 6. The third-order valence-electron chi connectivity index (χ3n) is 5.80. The Morgan fingerprint density at radius 3 is 2.52 bits per heavy atom. The summed E-state index contributed by atoms with van der Waals surface area (Å²) in [6, 6.07) is 8.32. The van der Waals surface area contributed by atoms with Crippen LogP contribution in [0.15, 0.2) is 33.9 Å². The van der Waals surface area contributed by atoms with Crippen LogP contribution in [0.5, 0.6) is 0 Å². The third kappa shape index (κ3) is 3.39. The van der Waals surface area contributed by atoms with Gasteiger partial charge in [-0.05, 0) is 31.9 Å². The molecule has 7 heteroatoms. The Balaban J connectivity index is 1.83. The Kier molecular flexibility index (Phi) is 5.30. The van der Waals surface area contributed by atoms with E-state index in [-0.39, 0.29) is 11.2 Å². The van der Waals surface area contributed by atoms with E-state index >= 15 is 0 Å². The van der Waals surface area contributed by atoms with Crippen molar-refractivity contribution in [3.63, 3.8) is 0 Å². The summed E-state index contributed by atoms with van der Waals surface area (Å²) >= 11 is 0. The Labute approximate surface area is 170 Å². The summed E-state index contributed by atoms with van der Waals surface area (Å²) in [7, 11) is 1.71. The number of anilines is 2. The van der Waals surface area contributed by atoms with Crippen LogP contribution in [-0.2, 0) is 20.1 Å². The minimum atomic E-state index is -0.281. The molecule has 1 aromatic carbocycles. The van der Waals surface area contributed by atoms with Gasteiger partial charge in [0.15, 0.2) is 11.2 Å². The Morgan fingerprint density at radius 1 is 1.03 bits per heavy atom. The molecule has 154 valence electrons. The SMILES string of the molecule is CCCCCCn1c(=O)c2c(nc3n2CCCN3c2ccc(C)cc2)n(C)c1=O. The second-order valence-electron chi connectivity index (χ2n) is 7.94. The molecular formula is C22H29N5O2. The van der Waals surface area contributed by atoms with Gasteiger partial charge in [-0.1, -0.05) is 43.9 Å². The highest BCUT2D eigenvalue weighted by atomic mass is 16.2. The van der Waals surface area contributed by atoms with Gasteiger partial charge < -0.3 is 9.47 Å². The fourth-order valence-electron chi connectivity index (χ4n) is 4.13. The van der Waals surface area contributed by atoms with Crippen LogP contribution in [0.3, 0.4) is 0 Å². The summed E-state index contributed by atoms with van der Waals surface area (Å²) < 4.78 is 4.90. The van der Waals surface area contributed by atoms with Gasteiger partial charge in [-0.3, -0.25) is 13.9 Å². The van der Waals surface area contributed by atoms with Crippen molar-refractivity contribution in [2.45, 2.75) is 59.0 Å². The van der Waals surface area contributed by atoms with Crippen LogP contribution < -0.4 is 16.1 Å². The van der Waals surface area contributed by atoms with Crippen molar-refractivity contribution < 1.29 is 0 Å². The lowest BCUT2D eigenvalue weighted by molar-refractivity contribution is 0.536. The first-order chi connectivity index (χ1) is 14.0. The van der Waals surface area contributed by atoms with Crippen molar-refractivity contribution in [1.29, 1.82) is 0 Å². The van der Waals surface area contributed by atoms with E-state index < -0.39 is 0 Å². The van der Waals surface area contributed by atoms with E-state index in [1.165, 1.54) is 14.7 Å². The zero-order chi connectivity index (χ0) is 20.5. The largest absolute Gasteiger partial charge is 0.332 e. The topological polar surface area (TPSA) is 65.1 Å². The van der Waals surface area contributed by atoms with E-state index in [9.17, 15) is 9.59 Å². The van der Waals surface area contributed by atoms with Gasteiger partial charge in [-0.25, -0.2) is 4.79 Å². The first-order valence-corrected chi connectivity index (χ1v) is 10.6. The van der Waals surface area contributed by atoms with Gasteiger partial charge in [0.05, 0.1) is 0 Å². The molecule has 4 rings (SSSR count). The van der Waals surface area contributed by atoms with E-state index in [2.05, 4.69) is 43.0 Å². The number of hydrogen-bond acceptors (Lipinski definition) is 4. The summed E-state index contributed by atoms with van der Waals surface area (Å²) in [5.74, 6) is 0.742. The molecule has 0 unspecified atom stereocenters. The molecule has 1 aliphatic rings. The number of benzene rings is 1. The molecule has 0 amide bonds. The predicted molar refractivity (Wildman–Crippen MR) is 116 cm³/mol. The summed E-state index contributed by atoms with van der Waals surface area (Å²) in [5.41, 5.74) is 2.76. The molecule has 0 fully saturated rings. The molecule has 29 heavy (non-hydrogen) atoms. The fraction of sp³-hybridized carbons (Fsp3) is 0.500. The zero-order valence-electron chi connectivity index (χ0n) is 17.5. The molecule has 0 bridgehead atoms. The number of nitrogens with zero attached hydrogens (tertiary/aromatic N) is 5. The second kappa shape index (κ2) is 7.89.